The van der Waals surface area contributed by atoms with Crippen molar-refractivity contribution in [3.63, 3.8) is 0 Å². The molecule has 0 amide bonds. The lowest BCUT2D eigenvalue weighted by atomic mass is 10.1. The van der Waals surface area contributed by atoms with Crippen LogP contribution >= 0.6 is 9.24 Å². The van der Waals surface area contributed by atoms with Crippen molar-refractivity contribution in [2.24, 2.45) is 0 Å². The Hall–Kier alpha value is -0.420. The first kappa shape index (κ1) is 8.67. The number of hydrogen-bond donors (Lipinski definition) is 0. The maximum Gasteiger partial charge on any atom is 0.0379 e. The summed E-state index contributed by atoms with van der Waals surface area (Å²) in [5.74, 6) is 0.565. The normalized spacial score (nSPS) is 10.6. The van der Waals surface area contributed by atoms with Gasteiger partial charge in [0.05, 0.1) is 0 Å². The van der Waals surface area contributed by atoms with Crippen LogP contribution in [-0.4, -0.2) is 4.98 Å². The van der Waals surface area contributed by atoms with E-state index in [-0.39, 0.29) is 0 Å². The summed E-state index contributed by atoms with van der Waals surface area (Å²) in [6, 6.07) is 2.10. The average molecular weight is 167 g/mol. The molecule has 0 saturated heterocycles. The van der Waals surface area contributed by atoms with Gasteiger partial charge >= 0.3 is 0 Å². The molecule has 1 aromatic rings. The van der Waals surface area contributed by atoms with Crippen LogP contribution in [-0.2, 0) is 0 Å². The molecule has 0 fully saturated rings. The maximum atomic E-state index is 4.25. The van der Waals surface area contributed by atoms with Gasteiger partial charge < -0.3 is 0 Å². The zero-order valence-corrected chi connectivity index (χ0v) is 8.41. The minimum absolute atomic E-state index is 0.565. The summed E-state index contributed by atoms with van der Waals surface area (Å²) in [6.07, 6.45) is 1.96. The third-order valence-corrected chi connectivity index (χ3v) is 2.23. The van der Waals surface area contributed by atoms with Crippen LogP contribution in [0.1, 0.15) is 31.0 Å². The van der Waals surface area contributed by atoms with Crippen molar-refractivity contribution in [2.45, 2.75) is 26.7 Å². The van der Waals surface area contributed by atoms with Crippen LogP contribution in [0.5, 0.6) is 0 Å². The van der Waals surface area contributed by atoms with E-state index >= 15 is 0 Å². The molecule has 0 aromatic carbocycles. The molecule has 0 radical (unpaired) electrons. The van der Waals surface area contributed by atoms with Gasteiger partial charge in [0, 0.05) is 11.9 Å². The number of rotatable bonds is 1. The van der Waals surface area contributed by atoms with E-state index in [9.17, 15) is 0 Å². The molecule has 1 heterocycles. The van der Waals surface area contributed by atoms with Crippen molar-refractivity contribution in [3.05, 3.63) is 23.5 Å². The molecule has 0 spiro atoms. The van der Waals surface area contributed by atoms with E-state index in [1.807, 2.05) is 13.1 Å². The van der Waals surface area contributed by atoms with E-state index in [0.29, 0.717) is 5.92 Å². The SMILES string of the molecule is Cc1cc(P)c(C(C)C)cn1. The van der Waals surface area contributed by atoms with Crippen LogP contribution in [0.2, 0.25) is 0 Å². The highest BCUT2D eigenvalue weighted by molar-refractivity contribution is 7.27. The highest BCUT2D eigenvalue weighted by Gasteiger charge is 2.02. The van der Waals surface area contributed by atoms with Crippen LogP contribution in [0.25, 0.3) is 0 Å². The summed E-state index contributed by atoms with van der Waals surface area (Å²) >= 11 is 0. The Balaban J connectivity index is 3.09. The summed E-state index contributed by atoms with van der Waals surface area (Å²) in [4.78, 5) is 4.25. The number of aromatic nitrogens is 1. The van der Waals surface area contributed by atoms with Gasteiger partial charge in [-0.25, -0.2) is 0 Å². The molecule has 1 unspecified atom stereocenters. The van der Waals surface area contributed by atoms with Gasteiger partial charge in [0.1, 0.15) is 0 Å². The monoisotopic (exact) mass is 167 g/mol. The summed E-state index contributed by atoms with van der Waals surface area (Å²) in [6.45, 7) is 6.37. The first-order valence-electron chi connectivity index (χ1n) is 3.83. The van der Waals surface area contributed by atoms with Gasteiger partial charge in [0.2, 0.25) is 0 Å². The maximum absolute atomic E-state index is 4.25. The van der Waals surface area contributed by atoms with Crippen molar-refractivity contribution in [3.8, 4) is 0 Å². The molecule has 1 rings (SSSR count). The fraction of sp³-hybridized carbons (Fsp3) is 0.444. The largest absolute Gasteiger partial charge is 0.261 e. The van der Waals surface area contributed by atoms with Crippen molar-refractivity contribution in [2.75, 3.05) is 0 Å². The first-order valence-corrected chi connectivity index (χ1v) is 4.41. The zero-order chi connectivity index (χ0) is 8.43. The molecule has 0 aliphatic rings. The predicted molar refractivity (Wildman–Crippen MR) is 52.4 cm³/mol. The summed E-state index contributed by atoms with van der Waals surface area (Å²) in [5.41, 5.74) is 2.40. The molecule has 0 aliphatic carbocycles. The Morgan fingerprint density at radius 2 is 2.09 bits per heavy atom. The lowest BCUT2D eigenvalue weighted by molar-refractivity contribution is 0.863. The van der Waals surface area contributed by atoms with Gasteiger partial charge in [-0.05, 0) is 29.8 Å². The molecule has 60 valence electrons. The molecule has 0 saturated carbocycles. The lowest BCUT2D eigenvalue weighted by Gasteiger charge is -2.08. The van der Waals surface area contributed by atoms with Gasteiger partial charge in [-0.3, -0.25) is 4.98 Å². The molecule has 0 bridgehead atoms. The van der Waals surface area contributed by atoms with Gasteiger partial charge in [-0.15, -0.1) is 9.24 Å². The van der Waals surface area contributed by atoms with Crippen LogP contribution in [0.3, 0.4) is 0 Å². The number of hydrogen-bond acceptors (Lipinski definition) is 1. The van der Waals surface area contributed by atoms with Gasteiger partial charge in [0.15, 0.2) is 0 Å². The molecular formula is C9H14NP. The molecule has 11 heavy (non-hydrogen) atoms. The second-order valence-electron chi connectivity index (χ2n) is 3.11. The van der Waals surface area contributed by atoms with Crippen molar-refractivity contribution >= 4 is 14.5 Å². The summed E-state index contributed by atoms with van der Waals surface area (Å²) in [7, 11) is 2.75. The van der Waals surface area contributed by atoms with E-state index in [0.717, 1.165) is 5.69 Å². The third kappa shape index (κ3) is 2.00. The Morgan fingerprint density at radius 3 is 2.55 bits per heavy atom. The standard InChI is InChI=1S/C9H14NP/c1-6(2)8-5-10-7(3)4-9(8)11/h4-6H,11H2,1-3H3. The molecule has 1 aromatic heterocycles. The summed E-state index contributed by atoms with van der Waals surface area (Å²) < 4.78 is 0. The van der Waals surface area contributed by atoms with Crippen molar-refractivity contribution in [1.82, 2.24) is 4.98 Å². The second-order valence-corrected chi connectivity index (χ2v) is 3.73. The van der Waals surface area contributed by atoms with Crippen LogP contribution in [0.15, 0.2) is 12.3 Å². The minimum atomic E-state index is 0.565. The van der Waals surface area contributed by atoms with Gasteiger partial charge in [0.25, 0.3) is 0 Å². The molecule has 2 heteroatoms. The number of aryl methyl sites for hydroxylation is 1. The summed E-state index contributed by atoms with van der Waals surface area (Å²) in [5, 5.41) is 1.27. The highest BCUT2D eigenvalue weighted by atomic mass is 31.0. The average Bonchev–Trinajstić information content (AvgIpc) is 1.85. The topological polar surface area (TPSA) is 12.9 Å². The molecule has 1 nitrogen and oxygen atoms in total. The van der Waals surface area contributed by atoms with Crippen LogP contribution in [0.4, 0.5) is 0 Å². The van der Waals surface area contributed by atoms with E-state index in [4.69, 9.17) is 0 Å². The minimum Gasteiger partial charge on any atom is -0.261 e. The quantitative estimate of drug-likeness (QED) is 0.583. The Morgan fingerprint density at radius 1 is 1.45 bits per heavy atom. The fourth-order valence-electron chi connectivity index (χ4n) is 1.07. The third-order valence-electron chi connectivity index (χ3n) is 1.73. The Labute approximate surface area is 70.4 Å². The van der Waals surface area contributed by atoms with Gasteiger partial charge in [-0.1, -0.05) is 13.8 Å². The number of pyridine rings is 1. The smallest absolute Gasteiger partial charge is 0.0379 e. The molecule has 0 N–H and O–H groups in total. The van der Waals surface area contributed by atoms with E-state index in [1.165, 1.54) is 10.9 Å². The predicted octanol–water partition coefficient (Wildman–Crippen LogP) is 2.01. The highest BCUT2D eigenvalue weighted by Crippen LogP contribution is 2.12. The van der Waals surface area contributed by atoms with Crippen molar-refractivity contribution < 1.29 is 0 Å². The number of nitrogens with zero attached hydrogens (tertiary/aromatic N) is 1. The zero-order valence-electron chi connectivity index (χ0n) is 7.26. The lowest BCUT2D eigenvalue weighted by Crippen LogP contribution is -2.05. The molecule has 1 atom stereocenters. The van der Waals surface area contributed by atoms with E-state index in [1.54, 1.807) is 0 Å². The fourth-order valence-corrected chi connectivity index (χ4v) is 1.72. The van der Waals surface area contributed by atoms with E-state index < -0.39 is 0 Å². The van der Waals surface area contributed by atoms with Crippen LogP contribution < -0.4 is 5.30 Å². The van der Waals surface area contributed by atoms with Crippen LogP contribution in [0, 0.1) is 6.92 Å². The van der Waals surface area contributed by atoms with E-state index in [2.05, 4.69) is 34.1 Å². The van der Waals surface area contributed by atoms with Crippen molar-refractivity contribution in [1.29, 1.82) is 0 Å². The Kier molecular flexibility index (Phi) is 2.62. The Bertz CT molecular complexity index is 256. The second kappa shape index (κ2) is 3.32. The molecule has 0 aliphatic heterocycles. The molecular weight excluding hydrogens is 153 g/mol. The first-order chi connectivity index (χ1) is 5.11. The van der Waals surface area contributed by atoms with Gasteiger partial charge in [-0.2, -0.15) is 0 Å².